The average molecular weight is 594 g/mol. The van der Waals surface area contributed by atoms with Gasteiger partial charge in [-0.3, -0.25) is 4.79 Å². The highest BCUT2D eigenvalue weighted by atomic mass is 16.5. The molecule has 9 nitrogen and oxygen atoms in total. The van der Waals surface area contributed by atoms with Crippen molar-refractivity contribution in [2.75, 3.05) is 56.2 Å². The summed E-state index contributed by atoms with van der Waals surface area (Å²) in [7, 11) is 2.18. The first-order chi connectivity index (χ1) is 21.5. The van der Waals surface area contributed by atoms with Gasteiger partial charge in [-0.15, -0.1) is 0 Å². The average Bonchev–Trinajstić information content (AvgIpc) is 3.59. The fraction of sp³-hybridized carbons (Fsp3) is 0.486. The number of ether oxygens (including phenoxy) is 1. The number of piperazine rings is 1. The molecule has 1 saturated heterocycles. The number of aromatic nitrogens is 2. The highest BCUT2D eigenvalue weighted by Crippen LogP contribution is 2.36. The Hall–Kier alpha value is -4.16. The standard InChI is InChI=1S/C35H43N7O2/c1-4-32(43)42-20-19-41(23-28(42)15-17-36)34-29-16-18-40(31-14-8-11-26-10-7-9-25(2)33(26)31)24-30(29)37-35(38-34)44-22-21-39(3)27-12-5-6-13-27/h4,7-11,14,27-28H,1,5-6,12-13,15-16,18-24H2,2-3H3/t28-/m0/s1. The highest BCUT2D eigenvalue weighted by Gasteiger charge is 2.33. The number of carbonyl (C=O) groups excluding carboxylic acids is 1. The second-order valence-electron chi connectivity index (χ2n) is 12.3. The van der Waals surface area contributed by atoms with Crippen LogP contribution in [0.4, 0.5) is 11.5 Å². The molecular weight excluding hydrogens is 550 g/mol. The lowest BCUT2D eigenvalue weighted by molar-refractivity contribution is -0.128. The van der Waals surface area contributed by atoms with E-state index in [4.69, 9.17) is 14.7 Å². The molecule has 1 amide bonds. The largest absolute Gasteiger partial charge is 0.462 e. The molecule has 1 atom stereocenters. The second-order valence-corrected chi connectivity index (χ2v) is 12.3. The van der Waals surface area contributed by atoms with E-state index in [9.17, 15) is 10.1 Å². The topological polar surface area (TPSA) is 88.8 Å². The zero-order chi connectivity index (χ0) is 30.6. The summed E-state index contributed by atoms with van der Waals surface area (Å²) in [6, 6.07) is 16.0. The van der Waals surface area contributed by atoms with Crippen molar-refractivity contribution in [3.05, 3.63) is 65.9 Å². The molecule has 6 rings (SSSR count). The minimum Gasteiger partial charge on any atom is -0.462 e. The van der Waals surface area contributed by atoms with Gasteiger partial charge in [0.15, 0.2) is 0 Å². The van der Waals surface area contributed by atoms with Crippen LogP contribution in [0.3, 0.4) is 0 Å². The number of hydrogen-bond donors (Lipinski definition) is 0. The molecule has 0 radical (unpaired) electrons. The maximum absolute atomic E-state index is 12.6. The zero-order valence-corrected chi connectivity index (χ0v) is 26.0. The van der Waals surface area contributed by atoms with Gasteiger partial charge in [-0.25, -0.2) is 0 Å². The Labute approximate surface area is 260 Å². The number of amides is 1. The van der Waals surface area contributed by atoms with Crippen molar-refractivity contribution in [2.45, 2.75) is 64.1 Å². The zero-order valence-electron chi connectivity index (χ0n) is 26.0. The molecule has 2 fully saturated rings. The molecule has 3 heterocycles. The summed E-state index contributed by atoms with van der Waals surface area (Å²) in [6.45, 7) is 10.4. The van der Waals surface area contributed by atoms with Crippen LogP contribution in [-0.4, -0.2) is 84.1 Å². The molecule has 44 heavy (non-hydrogen) atoms. The predicted molar refractivity (Wildman–Crippen MR) is 174 cm³/mol. The van der Waals surface area contributed by atoms with Gasteiger partial charge in [-0.05, 0) is 56.3 Å². The van der Waals surface area contributed by atoms with E-state index < -0.39 is 0 Å². The van der Waals surface area contributed by atoms with Crippen molar-refractivity contribution < 1.29 is 9.53 Å². The fourth-order valence-electron chi connectivity index (χ4n) is 7.23. The van der Waals surface area contributed by atoms with Gasteiger partial charge in [0.1, 0.15) is 12.4 Å². The van der Waals surface area contributed by atoms with E-state index in [2.05, 4.69) is 77.7 Å². The molecule has 1 saturated carbocycles. The van der Waals surface area contributed by atoms with Gasteiger partial charge in [0.25, 0.3) is 0 Å². The van der Waals surface area contributed by atoms with E-state index in [1.54, 1.807) is 4.90 Å². The number of anilines is 2. The van der Waals surface area contributed by atoms with Crippen LogP contribution >= 0.6 is 0 Å². The number of hydrogen-bond acceptors (Lipinski definition) is 8. The summed E-state index contributed by atoms with van der Waals surface area (Å²) < 4.78 is 6.28. The minimum atomic E-state index is -0.229. The number of likely N-dealkylation sites (N-methyl/N-ethyl adjacent to an activating group) is 1. The molecule has 1 aliphatic carbocycles. The maximum Gasteiger partial charge on any atom is 0.318 e. The molecule has 2 aliphatic heterocycles. The van der Waals surface area contributed by atoms with E-state index >= 15 is 0 Å². The summed E-state index contributed by atoms with van der Waals surface area (Å²) in [5.74, 6) is 0.739. The summed E-state index contributed by atoms with van der Waals surface area (Å²) >= 11 is 0. The number of carbonyl (C=O) groups is 1. The van der Waals surface area contributed by atoms with Crippen molar-refractivity contribution in [3.8, 4) is 12.1 Å². The van der Waals surface area contributed by atoms with Crippen molar-refractivity contribution in [3.63, 3.8) is 0 Å². The molecule has 1 aromatic heterocycles. The van der Waals surface area contributed by atoms with E-state index in [1.165, 1.54) is 53.8 Å². The van der Waals surface area contributed by atoms with E-state index in [1.807, 2.05) is 0 Å². The van der Waals surface area contributed by atoms with E-state index in [0.29, 0.717) is 44.8 Å². The van der Waals surface area contributed by atoms with Crippen LogP contribution in [0.15, 0.2) is 49.1 Å². The Morgan fingerprint density at radius 3 is 2.70 bits per heavy atom. The predicted octanol–water partition coefficient (Wildman–Crippen LogP) is 4.87. The first-order valence-corrected chi connectivity index (χ1v) is 16.0. The normalized spacial score (nSPS) is 18.9. The molecule has 9 heteroatoms. The van der Waals surface area contributed by atoms with Crippen LogP contribution in [0.5, 0.6) is 6.01 Å². The molecule has 2 aromatic carbocycles. The van der Waals surface area contributed by atoms with Gasteiger partial charge < -0.3 is 24.3 Å². The second kappa shape index (κ2) is 13.2. The number of nitrogens with zero attached hydrogens (tertiary/aromatic N) is 7. The quantitative estimate of drug-likeness (QED) is 0.325. The summed E-state index contributed by atoms with van der Waals surface area (Å²) in [4.78, 5) is 31.4. The third kappa shape index (κ3) is 6.09. The van der Waals surface area contributed by atoms with Crippen LogP contribution < -0.4 is 14.5 Å². The Balaban J connectivity index is 1.30. The SMILES string of the molecule is C=CC(=O)N1CCN(c2nc(OCCN(C)C3CCCC3)nc3c2CCN(c2cccc4cccc(C)c24)C3)C[C@@H]1CC#N. The van der Waals surface area contributed by atoms with Crippen molar-refractivity contribution >= 4 is 28.2 Å². The van der Waals surface area contributed by atoms with E-state index in [-0.39, 0.29) is 18.4 Å². The maximum atomic E-state index is 12.6. The lowest BCUT2D eigenvalue weighted by atomic mass is 9.99. The number of fused-ring (bicyclic) bond motifs is 2. The molecule has 3 aromatic rings. The van der Waals surface area contributed by atoms with Gasteiger partial charge in [-0.1, -0.05) is 49.8 Å². The lowest BCUT2D eigenvalue weighted by Crippen LogP contribution is -2.55. The summed E-state index contributed by atoms with van der Waals surface area (Å²) in [6.07, 6.45) is 7.51. The van der Waals surface area contributed by atoms with Crippen LogP contribution in [0.1, 0.15) is 48.9 Å². The monoisotopic (exact) mass is 593 g/mol. The number of nitriles is 1. The Bertz CT molecular complexity index is 1560. The van der Waals surface area contributed by atoms with Crippen LogP contribution in [0, 0.1) is 18.3 Å². The third-order valence-electron chi connectivity index (χ3n) is 9.64. The van der Waals surface area contributed by atoms with Crippen molar-refractivity contribution in [1.82, 2.24) is 19.8 Å². The summed E-state index contributed by atoms with van der Waals surface area (Å²) in [5, 5.41) is 12.1. The first kappa shape index (κ1) is 29.9. The lowest BCUT2D eigenvalue weighted by Gasteiger charge is -2.42. The summed E-state index contributed by atoms with van der Waals surface area (Å²) in [5.41, 5.74) is 4.59. The molecule has 0 bridgehead atoms. The van der Waals surface area contributed by atoms with Gasteiger partial charge in [0.2, 0.25) is 5.91 Å². The third-order valence-corrected chi connectivity index (χ3v) is 9.64. The van der Waals surface area contributed by atoms with Gasteiger partial charge in [0.05, 0.1) is 30.8 Å². The molecule has 0 unspecified atom stereocenters. The van der Waals surface area contributed by atoms with Gasteiger partial charge in [0, 0.05) is 55.4 Å². The highest BCUT2D eigenvalue weighted by molar-refractivity contribution is 5.97. The number of aryl methyl sites for hydroxylation is 1. The molecule has 0 N–H and O–H groups in total. The molecule has 0 spiro atoms. The fourth-order valence-corrected chi connectivity index (χ4v) is 7.23. The van der Waals surface area contributed by atoms with Crippen molar-refractivity contribution in [1.29, 1.82) is 5.26 Å². The number of rotatable bonds is 9. The van der Waals surface area contributed by atoms with Gasteiger partial charge in [-0.2, -0.15) is 15.2 Å². The van der Waals surface area contributed by atoms with Crippen LogP contribution in [-0.2, 0) is 17.8 Å². The minimum absolute atomic E-state index is 0.133. The Morgan fingerprint density at radius 1 is 1.14 bits per heavy atom. The van der Waals surface area contributed by atoms with Crippen molar-refractivity contribution in [2.24, 2.45) is 0 Å². The van der Waals surface area contributed by atoms with E-state index in [0.717, 1.165) is 36.6 Å². The Kier molecular flexibility index (Phi) is 8.99. The Morgan fingerprint density at radius 2 is 1.93 bits per heavy atom. The molecular formula is C35H43N7O2. The molecule has 3 aliphatic rings. The van der Waals surface area contributed by atoms with Crippen LogP contribution in [0.25, 0.3) is 10.8 Å². The first-order valence-electron chi connectivity index (χ1n) is 16.0. The smallest absolute Gasteiger partial charge is 0.318 e. The number of benzene rings is 2. The molecule has 230 valence electrons. The van der Waals surface area contributed by atoms with Crippen LogP contribution in [0.2, 0.25) is 0 Å². The van der Waals surface area contributed by atoms with Gasteiger partial charge >= 0.3 is 6.01 Å².